The molecule has 4 nitrogen and oxygen atoms in total. The van der Waals surface area contributed by atoms with E-state index in [-0.39, 0.29) is 5.91 Å². The molecule has 0 unspecified atom stereocenters. The van der Waals surface area contributed by atoms with E-state index in [1.54, 1.807) is 7.11 Å². The van der Waals surface area contributed by atoms with Crippen LogP contribution in [-0.4, -0.2) is 24.1 Å². The molecule has 0 aliphatic rings. The van der Waals surface area contributed by atoms with Crippen molar-refractivity contribution >= 4 is 5.91 Å². The normalized spacial score (nSPS) is 10.7. The minimum Gasteiger partial charge on any atom is -0.497 e. The molecule has 0 fully saturated rings. The first-order chi connectivity index (χ1) is 13.7. The van der Waals surface area contributed by atoms with Gasteiger partial charge in [0.25, 0.3) is 5.91 Å². The maximum Gasteiger partial charge on any atom is 0.253 e. The highest BCUT2D eigenvalue weighted by molar-refractivity contribution is 5.97. The molecule has 146 valence electrons. The van der Waals surface area contributed by atoms with Crippen molar-refractivity contribution in [2.75, 3.05) is 13.7 Å². The molecular weight excluding hydrogens is 348 g/mol. The van der Waals surface area contributed by atoms with Crippen molar-refractivity contribution in [3.05, 3.63) is 71.9 Å². The van der Waals surface area contributed by atoms with Crippen molar-refractivity contribution in [2.24, 2.45) is 0 Å². The predicted octanol–water partition coefficient (Wildman–Crippen LogP) is 5.38. The summed E-state index contributed by atoms with van der Waals surface area (Å²) in [5.41, 5.74) is 4.65. The highest BCUT2D eigenvalue weighted by Crippen LogP contribution is 2.31. The zero-order chi connectivity index (χ0) is 19.9. The average Bonchev–Trinajstić information content (AvgIpc) is 3.09. The third kappa shape index (κ3) is 4.28. The first-order valence-electron chi connectivity index (χ1n) is 9.86. The number of carbonyl (C=O) groups excluding carboxylic acids is 1. The molecule has 0 aliphatic carbocycles. The van der Waals surface area contributed by atoms with E-state index in [1.165, 1.54) is 0 Å². The van der Waals surface area contributed by atoms with Gasteiger partial charge in [-0.3, -0.25) is 4.79 Å². The summed E-state index contributed by atoms with van der Waals surface area (Å²) in [6, 6.07) is 20.0. The Morgan fingerprint density at radius 3 is 2.54 bits per heavy atom. The van der Waals surface area contributed by atoms with Crippen LogP contribution in [0.3, 0.4) is 0 Å². The molecule has 0 atom stereocenters. The lowest BCUT2D eigenvalue weighted by Gasteiger charge is -2.13. The summed E-state index contributed by atoms with van der Waals surface area (Å²) in [7, 11) is 1.66. The number of carbonyl (C=O) groups is 1. The third-order valence-electron chi connectivity index (χ3n) is 4.94. The minimum absolute atomic E-state index is 0.0209. The monoisotopic (exact) mass is 376 g/mol. The second kappa shape index (κ2) is 9.27. The van der Waals surface area contributed by atoms with E-state index in [1.807, 2.05) is 55.5 Å². The Bertz CT molecular complexity index is 929. The van der Waals surface area contributed by atoms with E-state index in [0.717, 1.165) is 47.7 Å². The molecule has 1 aromatic heterocycles. The lowest BCUT2D eigenvalue weighted by atomic mass is 10.1. The highest BCUT2D eigenvalue weighted by atomic mass is 16.5. The summed E-state index contributed by atoms with van der Waals surface area (Å²) in [6.45, 7) is 4.86. The molecule has 0 saturated heterocycles. The Morgan fingerprint density at radius 2 is 1.82 bits per heavy atom. The fourth-order valence-electron chi connectivity index (χ4n) is 3.41. The first kappa shape index (κ1) is 19.7. The average molecular weight is 377 g/mol. The molecule has 0 bridgehead atoms. The first-order valence-corrected chi connectivity index (χ1v) is 9.86. The molecule has 1 N–H and O–H groups in total. The quantitative estimate of drug-likeness (QED) is 0.536. The Labute approximate surface area is 167 Å². The van der Waals surface area contributed by atoms with Gasteiger partial charge in [-0.1, -0.05) is 50.1 Å². The number of ether oxygens (including phenoxy) is 1. The van der Waals surface area contributed by atoms with Crippen LogP contribution in [0.4, 0.5) is 0 Å². The van der Waals surface area contributed by atoms with Crippen molar-refractivity contribution < 1.29 is 9.53 Å². The number of unbranched alkanes of at least 4 members (excludes halogenated alkanes) is 2. The zero-order valence-corrected chi connectivity index (χ0v) is 16.9. The van der Waals surface area contributed by atoms with Gasteiger partial charge in [-0.05, 0) is 43.7 Å². The van der Waals surface area contributed by atoms with Crippen LogP contribution in [0, 0.1) is 6.92 Å². The van der Waals surface area contributed by atoms with Crippen LogP contribution in [0.15, 0.2) is 60.7 Å². The van der Waals surface area contributed by atoms with E-state index in [2.05, 4.69) is 28.9 Å². The minimum atomic E-state index is -0.0209. The second-order valence-corrected chi connectivity index (χ2v) is 6.89. The number of benzene rings is 2. The van der Waals surface area contributed by atoms with Gasteiger partial charge < -0.3 is 14.6 Å². The maximum atomic E-state index is 12.8. The van der Waals surface area contributed by atoms with E-state index >= 15 is 0 Å². The van der Waals surface area contributed by atoms with Crippen LogP contribution >= 0.6 is 0 Å². The van der Waals surface area contributed by atoms with Crippen LogP contribution in [-0.2, 0) is 0 Å². The number of para-hydroxylation sites is 1. The van der Waals surface area contributed by atoms with E-state index in [4.69, 9.17) is 4.74 Å². The van der Waals surface area contributed by atoms with Crippen LogP contribution in [0.1, 0.15) is 42.2 Å². The molecule has 0 saturated carbocycles. The van der Waals surface area contributed by atoms with Crippen molar-refractivity contribution in [3.8, 4) is 22.7 Å². The van der Waals surface area contributed by atoms with E-state index in [0.29, 0.717) is 12.1 Å². The summed E-state index contributed by atoms with van der Waals surface area (Å²) in [6.07, 6.45) is 3.27. The summed E-state index contributed by atoms with van der Waals surface area (Å²) in [4.78, 5) is 12.8. The number of nitrogens with zero attached hydrogens (tertiary/aromatic N) is 1. The van der Waals surface area contributed by atoms with Crippen molar-refractivity contribution in [1.29, 1.82) is 0 Å². The van der Waals surface area contributed by atoms with Crippen molar-refractivity contribution in [2.45, 2.75) is 33.1 Å². The number of methoxy groups -OCH3 is 1. The Hall–Kier alpha value is -3.01. The lowest BCUT2D eigenvalue weighted by Crippen LogP contribution is -2.24. The molecule has 0 aliphatic heterocycles. The van der Waals surface area contributed by atoms with Gasteiger partial charge in [-0.15, -0.1) is 0 Å². The van der Waals surface area contributed by atoms with Crippen LogP contribution < -0.4 is 10.1 Å². The molecule has 4 heteroatoms. The fourth-order valence-corrected chi connectivity index (χ4v) is 3.41. The second-order valence-electron chi connectivity index (χ2n) is 6.89. The number of amides is 1. The van der Waals surface area contributed by atoms with Gasteiger partial charge in [0, 0.05) is 23.5 Å². The van der Waals surface area contributed by atoms with Gasteiger partial charge >= 0.3 is 0 Å². The van der Waals surface area contributed by atoms with Crippen molar-refractivity contribution in [1.82, 2.24) is 9.88 Å². The van der Waals surface area contributed by atoms with Crippen LogP contribution in [0.5, 0.6) is 5.75 Å². The van der Waals surface area contributed by atoms with Gasteiger partial charge in [-0.2, -0.15) is 0 Å². The summed E-state index contributed by atoms with van der Waals surface area (Å²) >= 11 is 0. The topological polar surface area (TPSA) is 43.3 Å². The number of hydrogen-bond acceptors (Lipinski definition) is 2. The number of aromatic nitrogens is 1. The van der Waals surface area contributed by atoms with Crippen LogP contribution in [0.25, 0.3) is 16.9 Å². The molecule has 28 heavy (non-hydrogen) atoms. The molecule has 0 spiro atoms. The van der Waals surface area contributed by atoms with Gasteiger partial charge in [0.2, 0.25) is 0 Å². The smallest absolute Gasteiger partial charge is 0.253 e. The largest absolute Gasteiger partial charge is 0.497 e. The van der Waals surface area contributed by atoms with E-state index < -0.39 is 0 Å². The lowest BCUT2D eigenvalue weighted by molar-refractivity contribution is 0.0952. The van der Waals surface area contributed by atoms with Gasteiger partial charge in [0.1, 0.15) is 5.75 Å². The van der Waals surface area contributed by atoms with Crippen molar-refractivity contribution in [3.63, 3.8) is 0 Å². The standard InChI is InChI=1S/C24H28N2O2/c1-4-5-9-15-25-24(27)22-17-23(19-11-10-14-21(16-19)28-3)26(18(22)2)20-12-7-6-8-13-20/h6-8,10-14,16-17H,4-5,9,15H2,1-3H3,(H,25,27). The molecule has 2 aromatic carbocycles. The van der Waals surface area contributed by atoms with Crippen LogP contribution in [0.2, 0.25) is 0 Å². The Morgan fingerprint density at radius 1 is 1.04 bits per heavy atom. The van der Waals surface area contributed by atoms with Gasteiger partial charge in [0.15, 0.2) is 0 Å². The number of hydrogen-bond donors (Lipinski definition) is 1. The third-order valence-corrected chi connectivity index (χ3v) is 4.94. The predicted molar refractivity (Wildman–Crippen MR) is 114 cm³/mol. The molecule has 1 amide bonds. The molecule has 3 rings (SSSR count). The SMILES string of the molecule is CCCCCNC(=O)c1cc(-c2cccc(OC)c2)n(-c2ccccc2)c1C. The van der Waals surface area contributed by atoms with Gasteiger partial charge in [-0.25, -0.2) is 0 Å². The van der Waals surface area contributed by atoms with Gasteiger partial charge in [0.05, 0.1) is 18.4 Å². The van der Waals surface area contributed by atoms with E-state index in [9.17, 15) is 4.79 Å². The Balaban J connectivity index is 2.03. The summed E-state index contributed by atoms with van der Waals surface area (Å²) in [5, 5.41) is 3.06. The summed E-state index contributed by atoms with van der Waals surface area (Å²) < 4.78 is 7.53. The fraction of sp³-hybridized carbons (Fsp3) is 0.292. The molecule has 3 aromatic rings. The highest BCUT2D eigenvalue weighted by Gasteiger charge is 2.19. The molecular formula is C24H28N2O2. The maximum absolute atomic E-state index is 12.8. The number of nitrogens with one attached hydrogen (secondary N) is 1. The molecule has 1 heterocycles. The molecule has 0 radical (unpaired) electrons. The zero-order valence-electron chi connectivity index (χ0n) is 16.9. The Kier molecular flexibility index (Phi) is 6.53. The summed E-state index contributed by atoms with van der Waals surface area (Å²) in [5.74, 6) is 0.772. The number of rotatable bonds is 8.